The summed E-state index contributed by atoms with van der Waals surface area (Å²) < 4.78 is 40.2. The predicted molar refractivity (Wildman–Crippen MR) is 135 cm³/mol. The summed E-state index contributed by atoms with van der Waals surface area (Å²) in [6, 6.07) is 7.79. The van der Waals surface area contributed by atoms with Gasteiger partial charge in [-0.25, -0.2) is 4.79 Å². The Morgan fingerprint density at radius 2 is 1.86 bits per heavy atom. The molecule has 0 fully saturated rings. The highest BCUT2D eigenvalue weighted by molar-refractivity contribution is 7.09. The van der Waals surface area contributed by atoms with Crippen LogP contribution in [-0.4, -0.2) is 39.1 Å². The molecular weight excluding hydrogens is 503 g/mol. The van der Waals surface area contributed by atoms with Crippen molar-refractivity contribution in [1.29, 1.82) is 0 Å². The lowest BCUT2D eigenvalue weighted by molar-refractivity contribution is -0.137. The number of halogens is 3. The monoisotopic (exact) mass is 531 g/mol. The number of nitrogens with one attached hydrogen (secondary N) is 2. The Balaban J connectivity index is 1.74. The summed E-state index contributed by atoms with van der Waals surface area (Å²) in [7, 11) is 0. The van der Waals surface area contributed by atoms with Crippen LogP contribution in [0.15, 0.2) is 41.9 Å². The van der Waals surface area contributed by atoms with E-state index in [1.807, 2.05) is 20.8 Å². The second-order valence-corrected chi connectivity index (χ2v) is 10.9. The molecular formula is C26H28F3N5O2S. The number of rotatable bonds is 4. The summed E-state index contributed by atoms with van der Waals surface area (Å²) in [5.74, 6) is -0.354. The summed E-state index contributed by atoms with van der Waals surface area (Å²) in [4.78, 5) is 27.9. The lowest BCUT2D eigenvalue weighted by Gasteiger charge is -2.34. The number of nitrogens with zero attached hydrogens (tertiary/aromatic N) is 3. The Hall–Kier alpha value is -3.47. The van der Waals surface area contributed by atoms with E-state index in [4.69, 9.17) is 0 Å². The van der Waals surface area contributed by atoms with E-state index in [0.29, 0.717) is 40.2 Å². The van der Waals surface area contributed by atoms with E-state index in [1.54, 1.807) is 35.5 Å². The predicted octanol–water partition coefficient (Wildman–Crippen LogP) is 5.58. The number of amides is 3. The van der Waals surface area contributed by atoms with Gasteiger partial charge >= 0.3 is 12.2 Å². The zero-order chi connectivity index (χ0) is 27.0. The lowest BCUT2D eigenvalue weighted by atomic mass is 9.87. The van der Waals surface area contributed by atoms with Crippen molar-refractivity contribution in [2.75, 3.05) is 6.54 Å². The van der Waals surface area contributed by atoms with E-state index < -0.39 is 17.3 Å². The summed E-state index contributed by atoms with van der Waals surface area (Å²) in [5.41, 5.74) is 3.16. The van der Waals surface area contributed by atoms with Gasteiger partial charge in [0.05, 0.1) is 11.6 Å². The molecule has 0 radical (unpaired) electrons. The molecule has 2 N–H and O–H groups in total. The van der Waals surface area contributed by atoms with Gasteiger partial charge in [-0.3, -0.25) is 4.79 Å². The molecule has 1 atom stereocenters. The van der Waals surface area contributed by atoms with Crippen LogP contribution in [0.2, 0.25) is 0 Å². The minimum atomic E-state index is -4.47. The first kappa shape index (κ1) is 26.6. The highest BCUT2D eigenvalue weighted by Crippen LogP contribution is 2.36. The molecule has 1 aromatic heterocycles. The standard InChI is InChI=1S/C26H28F3N5O2S/c1-15(23-33-30-14-37-23)31-22(35)20-9-8-18(16-6-5-7-17(12-16)26(27,28)29)19-10-11-34(13-21(19)20)24(36)32-25(2,3)4/h5-9,12,14-15H,10-11,13H2,1-4H3,(H,31,35)(H,32,36). The first-order valence-electron chi connectivity index (χ1n) is 11.8. The average molecular weight is 532 g/mol. The van der Waals surface area contributed by atoms with E-state index in [-0.39, 0.29) is 24.5 Å². The fraction of sp³-hybridized carbons (Fsp3) is 0.385. The van der Waals surface area contributed by atoms with Crippen LogP contribution in [0, 0.1) is 0 Å². The number of hydrogen-bond acceptors (Lipinski definition) is 5. The number of urea groups is 1. The van der Waals surface area contributed by atoms with Gasteiger partial charge in [0.15, 0.2) is 0 Å². The molecule has 2 aromatic carbocycles. The van der Waals surface area contributed by atoms with Gasteiger partial charge in [-0.15, -0.1) is 21.5 Å². The van der Waals surface area contributed by atoms with E-state index in [0.717, 1.165) is 17.7 Å². The largest absolute Gasteiger partial charge is 0.416 e. The first-order valence-corrected chi connectivity index (χ1v) is 12.7. The summed E-state index contributed by atoms with van der Waals surface area (Å²) in [6.07, 6.45) is -4.08. The molecule has 1 aliphatic heterocycles. The molecule has 0 saturated heterocycles. The molecule has 11 heteroatoms. The SMILES string of the molecule is CC(NC(=O)c1ccc(-c2cccc(C(F)(F)F)c2)c2c1CN(C(=O)NC(C)(C)C)CC2)c1nncs1. The van der Waals surface area contributed by atoms with Crippen molar-refractivity contribution in [2.45, 2.75) is 58.4 Å². The Kier molecular flexibility index (Phi) is 7.27. The van der Waals surface area contributed by atoms with Crippen LogP contribution in [0.3, 0.4) is 0 Å². The number of aromatic nitrogens is 2. The zero-order valence-electron chi connectivity index (χ0n) is 20.9. The number of carbonyl (C=O) groups excluding carboxylic acids is 2. The van der Waals surface area contributed by atoms with Crippen molar-refractivity contribution >= 4 is 23.3 Å². The molecule has 0 saturated carbocycles. The van der Waals surface area contributed by atoms with Crippen LogP contribution < -0.4 is 10.6 Å². The van der Waals surface area contributed by atoms with Gasteiger partial charge in [0.1, 0.15) is 10.5 Å². The molecule has 3 aromatic rings. The van der Waals surface area contributed by atoms with Crippen LogP contribution in [0.5, 0.6) is 0 Å². The number of benzene rings is 2. The van der Waals surface area contributed by atoms with Gasteiger partial charge in [0, 0.05) is 24.2 Å². The van der Waals surface area contributed by atoms with E-state index in [9.17, 15) is 22.8 Å². The fourth-order valence-corrected chi connectivity index (χ4v) is 4.86. The second kappa shape index (κ2) is 10.1. The van der Waals surface area contributed by atoms with Gasteiger partial charge in [-0.2, -0.15) is 13.2 Å². The topological polar surface area (TPSA) is 87.2 Å². The normalized spacial score (nSPS) is 14.6. The number of hydrogen-bond donors (Lipinski definition) is 2. The quantitative estimate of drug-likeness (QED) is 0.460. The molecule has 0 bridgehead atoms. The van der Waals surface area contributed by atoms with Gasteiger partial charge in [0.25, 0.3) is 5.91 Å². The van der Waals surface area contributed by atoms with Crippen molar-refractivity contribution < 1.29 is 22.8 Å². The fourth-order valence-electron chi connectivity index (χ4n) is 4.30. The molecule has 7 nitrogen and oxygen atoms in total. The van der Waals surface area contributed by atoms with Crippen LogP contribution in [0.25, 0.3) is 11.1 Å². The lowest BCUT2D eigenvalue weighted by Crippen LogP contribution is -2.50. The van der Waals surface area contributed by atoms with Crippen molar-refractivity contribution in [1.82, 2.24) is 25.7 Å². The second-order valence-electron chi connectivity index (χ2n) is 10.0. The van der Waals surface area contributed by atoms with Gasteiger partial charge < -0.3 is 15.5 Å². The molecule has 2 heterocycles. The van der Waals surface area contributed by atoms with Gasteiger partial charge in [0.2, 0.25) is 0 Å². The van der Waals surface area contributed by atoms with Crippen LogP contribution in [0.1, 0.15) is 65.8 Å². The molecule has 1 aliphatic rings. The van der Waals surface area contributed by atoms with E-state index in [2.05, 4.69) is 20.8 Å². The van der Waals surface area contributed by atoms with Crippen molar-refractivity contribution in [3.8, 4) is 11.1 Å². The van der Waals surface area contributed by atoms with Crippen molar-refractivity contribution in [3.05, 3.63) is 69.2 Å². The third kappa shape index (κ3) is 6.10. The maximum atomic E-state index is 13.4. The van der Waals surface area contributed by atoms with Crippen molar-refractivity contribution in [2.24, 2.45) is 0 Å². The van der Waals surface area contributed by atoms with Crippen LogP contribution >= 0.6 is 11.3 Å². The maximum absolute atomic E-state index is 13.4. The van der Waals surface area contributed by atoms with Gasteiger partial charge in [-0.05, 0) is 74.6 Å². The summed E-state index contributed by atoms with van der Waals surface area (Å²) in [6.45, 7) is 7.95. The highest BCUT2D eigenvalue weighted by Gasteiger charge is 2.32. The van der Waals surface area contributed by atoms with Gasteiger partial charge in [-0.1, -0.05) is 18.2 Å². The Bertz CT molecular complexity index is 1300. The molecule has 4 rings (SSSR count). The molecule has 0 aliphatic carbocycles. The average Bonchev–Trinajstić information content (AvgIpc) is 3.36. The molecule has 196 valence electrons. The molecule has 1 unspecified atom stereocenters. The number of fused-ring (bicyclic) bond motifs is 1. The molecule has 37 heavy (non-hydrogen) atoms. The van der Waals surface area contributed by atoms with E-state index >= 15 is 0 Å². The Morgan fingerprint density at radius 3 is 2.51 bits per heavy atom. The van der Waals surface area contributed by atoms with Crippen molar-refractivity contribution in [3.63, 3.8) is 0 Å². The molecule has 3 amide bonds. The first-order chi connectivity index (χ1) is 17.3. The van der Waals surface area contributed by atoms with Crippen LogP contribution in [0.4, 0.5) is 18.0 Å². The third-order valence-corrected chi connectivity index (χ3v) is 6.90. The third-order valence-electron chi connectivity index (χ3n) is 6.02. The summed E-state index contributed by atoms with van der Waals surface area (Å²) in [5, 5.41) is 14.3. The smallest absolute Gasteiger partial charge is 0.343 e. The number of alkyl halides is 3. The summed E-state index contributed by atoms with van der Waals surface area (Å²) >= 11 is 1.32. The minimum absolute atomic E-state index is 0.153. The maximum Gasteiger partial charge on any atom is 0.416 e. The number of carbonyl (C=O) groups is 2. The van der Waals surface area contributed by atoms with E-state index in [1.165, 1.54) is 17.4 Å². The Labute approximate surface area is 217 Å². The molecule has 0 spiro atoms. The van der Waals surface area contributed by atoms with Crippen LogP contribution in [-0.2, 0) is 19.1 Å². The minimum Gasteiger partial charge on any atom is -0.343 e. The Morgan fingerprint density at radius 1 is 1.11 bits per heavy atom. The highest BCUT2D eigenvalue weighted by atomic mass is 32.1. The zero-order valence-corrected chi connectivity index (χ0v) is 21.8.